The van der Waals surface area contributed by atoms with Crippen LogP contribution in [-0.2, 0) is 17.8 Å². The minimum atomic E-state index is 0.0175. The first-order chi connectivity index (χ1) is 14.1. The molecular formula is C24H29N3O2. The Balaban J connectivity index is 1.23. The standard InChI is InChI=1S/C24H29N3O2/c1-17-4-3-5-20(12-17)16-27-10-8-19(9-11-27)15-25-24(28)14-22-21-13-18(2)6-7-23(21)29-26-22/h3-7,12-13,19H,8-11,14-16H2,1-2H3,(H,25,28). The molecule has 1 fully saturated rings. The zero-order valence-corrected chi connectivity index (χ0v) is 17.3. The van der Waals surface area contributed by atoms with E-state index in [-0.39, 0.29) is 12.3 Å². The van der Waals surface area contributed by atoms with E-state index in [4.69, 9.17) is 4.52 Å². The summed E-state index contributed by atoms with van der Waals surface area (Å²) in [5.74, 6) is 0.563. The minimum Gasteiger partial charge on any atom is -0.356 e. The monoisotopic (exact) mass is 391 g/mol. The largest absolute Gasteiger partial charge is 0.356 e. The van der Waals surface area contributed by atoms with E-state index in [0.29, 0.717) is 11.6 Å². The van der Waals surface area contributed by atoms with E-state index in [1.807, 2.05) is 25.1 Å². The van der Waals surface area contributed by atoms with E-state index in [1.165, 1.54) is 11.1 Å². The molecule has 1 amide bonds. The number of aryl methyl sites for hydroxylation is 2. The summed E-state index contributed by atoms with van der Waals surface area (Å²) in [6.07, 6.45) is 2.51. The van der Waals surface area contributed by atoms with Crippen molar-refractivity contribution in [3.63, 3.8) is 0 Å². The molecular weight excluding hydrogens is 362 g/mol. The maximum absolute atomic E-state index is 12.4. The summed E-state index contributed by atoms with van der Waals surface area (Å²) < 4.78 is 5.33. The molecule has 0 aliphatic carbocycles. The van der Waals surface area contributed by atoms with Crippen LogP contribution in [0.1, 0.15) is 35.2 Å². The number of aromatic nitrogens is 1. The third kappa shape index (κ3) is 5.04. The number of hydrogen-bond acceptors (Lipinski definition) is 4. The fraction of sp³-hybridized carbons (Fsp3) is 0.417. The SMILES string of the molecule is Cc1cccc(CN2CCC(CNC(=O)Cc3noc4ccc(C)cc34)CC2)c1. The summed E-state index contributed by atoms with van der Waals surface area (Å²) in [6.45, 7) is 8.09. The molecule has 4 rings (SSSR count). The lowest BCUT2D eigenvalue weighted by atomic mass is 9.96. The molecule has 2 heterocycles. The number of fused-ring (bicyclic) bond motifs is 1. The predicted octanol–water partition coefficient (Wildman–Crippen LogP) is 4.02. The lowest BCUT2D eigenvalue weighted by molar-refractivity contribution is -0.120. The number of amides is 1. The van der Waals surface area contributed by atoms with E-state index < -0.39 is 0 Å². The number of hydrogen-bond donors (Lipinski definition) is 1. The van der Waals surface area contributed by atoms with E-state index in [0.717, 1.165) is 55.6 Å². The highest BCUT2D eigenvalue weighted by Gasteiger charge is 2.20. The van der Waals surface area contributed by atoms with Crippen LogP contribution in [0, 0.1) is 19.8 Å². The molecule has 0 bridgehead atoms. The van der Waals surface area contributed by atoms with Gasteiger partial charge in [-0.1, -0.05) is 46.6 Å². The number of nitrogens with zero attached hydrogens (tertiary/aromatic N) is 2. The van der Waals surface area contributed by atoms with E-state index >= 15 is 0 Å². The van der Waals surface area contributed by atoms with Gasteiger partial charge in [0.25, 0.3) is 0 Å². The van der Waals surface area contributed by atoms with E-state index in [1.54, 1.807) is 0 Å². The second-order valence-electron chi connectivity index (χ2n) is 8.32. The molecule has 0 spiro atoms. The Morgan fingerprint density at radius 1 is 1.14 bits per heavy atom. The molecule has 29 heavy (non-hydrogen) atoms. The molecule has 152 valence electrons. The Bertz CT molecular complexity index is 987. The molecule has 1 aliphatic rings. The van der Waals surface area contributed by atoms with Crippen LogP contribution >= 0.6 is 0 Å². The predicted molar refractivity (Wildman–Crippen MR) is 115 cm³/mol. The summed E-state index contributed by atoms with van der Waals surface area (Å²) >= 11 is 0. The zero-order chi connectivity index (χ0) is 20.2. The average molecular weight is 392 g/mol. The summed E-state index contributed by atoms with van der Waals surface area (Å²) in [5.41, 5.74) is 5.29. The van der Waals surface area contributed by atoms with Crippen molar-refractivity contribution in [3.8, 4) is 0 Å². The van der Waals surface area contributed by atoms with Crippen LogP contribution in [0.4, 0.5) is 0 Å². The van der Waals surface area contributed by atoms with Crippen molar-refractivity contribution in [2.24, 2.45) is 5.92 Å². The average Bonchev–Trinajstić information content (AvgIpc) is 3.09. The molecule has 0 atom stereocenters. The summed E-state index contributed by atoms with van der Waals surface area (Å²) in [6, 6.07) is 14.7. The fourth-order valence-electron chi connectivity index (χ4n) is 4.12. The van der Waals surface area contributed by atoms with Gasteiger partial charge in [-0.3, -0.25) is 9.69 Å². The summed E-state index contributed by atoms with van der Waals surface area (Å²) in [5, 5.41) is 8.12. The highest BCUT2D eigenvalue weighted by atomic mass is 16.5. The Morgan fingerprint density at radius 3 is 2.72 bits per heavy atom. The Kier molecular flexibility index (Phi) is 5.95. The van der Waals surface area contributed by atoms with Gasteiger partial charge in [0, 0.05) is 18.5 Å². The molecule has 1 saturated heterocycles. The fourth-order valence-corrected chi connectivity index (χ4v) is 4.12. The normalized spacial score (nSPS) is 15.7. The molecule has 1 aliphatic heterocycles. The number of likely N-dealkylation sites (tertiary alicyclic amines) is 1. The van der Waals surface area contributed by atoms with Gasteiger partial charge >= 0.3 is 0 Å². The van der Waals surface area contributed by atoms with Gasteiger partial charge in [0.05, 0.1) is 6.42 Å². The first-order valence-corrected chi connectivity index (χ1v) is 10.5. The first-order valence-electron chi connectivity index (χ1n) is 10.5. The molecule has 5 heteroatoms. The summed E-state index contributed by atoms with van der Waals surface area (Å²) in [7, 11) is 0. The van der Waals surface area contributed by atoms with Crippen LogP contribution in [0.3, 0.4) is 0 Å². The highest BCUT2D eigenvalue weighted by molar-refractivity contribution is 5.86. The van der Waals surface area contributed by atoms with Crippen LogP contribution in [-0.4, -0.2) is 35.6 Å². The number of rotatable bonds is 6. The van der Waals surface area contributed by atoms with Gasteiger partial charge in [-0.15, -0.1) is 0 Å². The number of benzene rings is 2. The third-order valence-electron chi connectivity index (χ3n) is 5.81. The van der Waals surface area contributed by atoms with E-state index in [9.17, 15) is 4.79 Å². The lowest BCUT2D eigenvalue weighted by Crippen LogP contribution is -2.38. The van der Waals surface area contributed by atoms with Crippen LogP contribution in [0.5, 0.6) is 0 Å². The van der Waals surface area contributed by atoms with Crippen LogP contribution in [0.2, 0.25) is 0 Å². The Labute approximate surface area is 172 Å². The van der Waals surface area contributed by atoms with Crippen molar-refractivity contribution in [3.05, 3.63) is 64.8 Å². The first kappa shape index (κ1) is 19.6. The molecule has 0 unspecified atom stereocenters. The van der Waals surface area contributed by atoms with Crippen LogP contribution in [0.25, 0.3) is 11.0 Å². The van der Waals surface area contributed by atoms with E-state index in [2.05, 4.69) is 46.6 Å². The smallest absolute Gasteiger partial charge is 0.226 e. The van der Waals surface area contributed by atoms with Crippen LogP contribution in [0.15, 0.2) is 47.0 Å². The van der Waals surface area contributed by atoms with Crippen LogP contribution < -0.4 is 5.32 Å². The third-order valence-corrected chi connectivity index (χ3v) is 5.81. The quantitative estimate of drug-likeness (QED) is 0.690. The number of piperidine rings is 1. The second-order valence-corrected chi connectivity index (χ2v) is 8.32. The Hall–Kier alpha value is -2.66. The molecule has 2 aromatic carbocycles. The van der Waals surface area contributed by atoms with Crippen molar-refractivity contribution >= 4 is 16.9 Å². The second kappa shape index (κ2) is 8.78. The van der Waals surface area contributed by atoms with Gasteiger partial charge in [-0.25, -0.2) is 0 Å². The van der Waals surface area contributed by atoms with Gasteiger partial charge in [-0.2, -0.15) is 0 Å². The molecule has 1 aromatic heterocycles. The van der Waals surface area contributed by atoms with Gasteiger partial charge in [0.1, 0.15) is 5.69 Å². The zero-order valence-electron chi connectivity index (χ0n) is 17.3. The molecule has 0 radical (unpaired) electrons. The number of carbonyl (C=O) groups excluding carboxylic acids is 1. The Morgan fingerprint density at radius 2 is 1.93 bits per heavy atom. The van der Waals surface area contributed by atoms with Gasteiger partial charge in [0.2, 0.25) is 5.91 Å². The molecule has 1 N–H and O–H groups in total. The lowest BCUT2D eigenvalue weighted by Gasteiger charge is -2.32. The minimum absolute atomic E-state index is 0.0175. The highest BCUT2D eigenvalue weighted by Crippen LogP contribution is 2.21. The van der Waals surface area contributed by atoms with Gasteiger partial charge in [-0.05, 0) is 63.4 Å². The molecule has 5 nitrogen and oxygen atoms in total. The maximum atomic E-state index is 12.4. The van der Waals surface area contributed by atoms with Gasteiger partial charge in [0.15, 0.2) is 5.58 Å². The summed E-state index contributed by atoms with van der Waals surface area (Å²) in [4.78, 5) is 14.9. The molecule has 3 aromatic rings. The van der Waals surface area contributed by atoms with Crippen molar-refractivity contribution < 1.29 is 9.32 Å². The number of nitrogens with one attached hydrogen (secondary N) is 1. The van der Waals surface area contributed by atoms with Gasteiger partial charge < -0.3 is 9.84 Å². The van der Waals surface area contributed by atoms with Crippen molar-refractivity contribution in [1.82, 2.24) is 15.4 Å². The van der Waals surface area contributed by atoms with Crippen molar-refractivity contribution in [2.45, 2.75) is 39.7 Å². The maximum Gasteiger partial charge on any atom is 0.226 e. The number of carbonyl (C=O) groups is 1. The van der Waals surface area contributed by atoms with Crippen molar-refractivity contribution in [1.29, 1.82) is 0 Å². The molecule has 0 saturated carbocycles. The topological polar surface area (TPSA) is 58.4 Å². The van der Waals surface area contributed by atoms with Crippen molar-refractivity contribution in [2.75, 3.05) is 19.6 Å².